The number of carboxylic acids is 1. The summed E-state index contributed by atoms with van der Waals surface area (Å²) in [5, 5.41) is 13.2. The van der Waals surface area contributed by atoms with E-state index in [4.69, 9.17) is 4.74 Å². The molecule has 0 saturated carbocycles. The summed E-state index contributed by atoms with van der Waals surface area (Å²) < 4.78 is 7.40. The van der Waals surface area contributed by atoms with Crippen molar-refractivity contribution in [3.8, 4) is 11.4 Å². The quantitative estimate of drug-likeness (QED) is 0.579. The Morgan fingerprint density at radius 3 is 2.39 bits per heavy atom. The zero-order valence-corrected chi connectivity index (χ0v) is 16.5. The highest BCUT2D eigenvalue weighted by Crippen LogP contribution is 2.26. The second-order valence-electron chi connectivity index (χ2n) is 6.74. The van der Waals surface area contributed by atoms with Gasteiger partial charge in [-0.2, -0.15) is 0 Å². The summed E-state index contributed by atoms with van der Waals surface area (Å²) in [5.41, 5.74) is 5.01. The summed E-state index contributed by atoms with van der Waals surface area (Å²) in [6.45, 7) is 5.07. The van der Waals surface area contributed by atoms with Crippen LogP contribution in [0.25, 0.3) is 5.69 Å². The van der Waals surface area contributed by atoms with Crippen LogP contribution in [0.15, 0.2) is 54.6 Å². The lowest BCUT2D eigenvalue weighted by molar-refractivity contribution is 0.0695. The van der Waals surface area contributed by atoms with Gasteiger partial charge in [-0.05, 0) is 50.6 Å². The van der Waals surface area contributed by atoms with Crippen LogP contribution in [0.2, 0.25) is 0 Å². The maximum absolute atomic E-state index is 11.9. The van der Waals surface area contributed by atoms with E-state index in [1.807, 2.05) is 73.0 Å². The third-order valence-electron chi connectivity index (χ3n) is 5.06. The SMILES string of the molecule is COc1ccccc1CCNCc1c(C(=O)O)c(C)n(-c2ccccc2)c1C. The Balaban J connectivity index is 1.79. The van der Waals surface area contributed by atoms with Gasteiger partial charge in [0.15, 0.2) is 0 Å². The molecule has 2 N–H and O–H groups in total. The topological polar surface area (TPSA) is 63.5 Å². The minimum atomic E-state index is -0.892. The van der Waals surface area contributed by atoms with E-state index in [0.29, 0.717) is 12.1 Å². The van der Waals surface area contributed by atoms with Gasteiger partial charge in [-0.25, -0.2) is 4.79 Å². The Hall–Kier alpha value is -3.05. The highest BCUT2D eigenvalue weighted by Gasteiger charge is 2.22. The molecule has 0 amide bonds. The number of rotatable bonds is 8. The van der Waals surface area contributed by atoms with Crippen LogP contribution in [-0.4, -0.2) is 29.3 Å². The van der Waals surface area contributed by atoms with Gasteiger partial charge < -0.3 is 19.7 Å². The number of hydrogen-bond acceptors (Lipinski definition) is 3. The minimum Gasteiger partial charge on any atom is -0.496 e. The Morgan fingerprint density at radius 2 is 1.71 bits per heavy atom. The van der Waals surface area contributed by atoms with Crippen molar-refractivity contribution in [2.24, 2.45) is 0 Å². The fraction of sp³-hybridized carbons (Fsp3) is 0.261. The zero-order chi connectivity index (χ0) is 20.1. The number of aromatic nitrogens is 1. The first kappa shape index (κ1) is 19.7. The van der Waals surface area contributed by atoms with E-state index in [-0.39, 0.29) is 0 Å². The lowest BCUT2D eigenvalue weighted by Gasteiger charge is -2.11. The summed E-state index contributed by atoms with van der Waals surface area (Å²) >= 11 is 0. The zero-order valence-electron chi connectivity index (χ0n) is 16.5. The average Bonchev–Trinajstić information content (AvgIpc) is 2.96. The van der Waals surface area contributed by atoms with Crippen LogP contribution in [0, 0.1) is 13.8 Å². The van der Waals surface area contributed by atoms with Gasteiger partial charge in [-0.3, -0.25) is 0 Å². The Morgan fingerprint density at radius 1 is 1.04 bits per heavy atom. The van der Waals surface area contributed by atoms with E-state index in [0.717, 1.165) is 46.9 Å². The summed E-state index contributed by atoms with van der Waals surface area (Å²) in [4.78, 5) is 11.9. The molecule has 5 nitrogen and oxygen atoms in total. The van der Waals surface area contributed by atoms with E-state index in [2.05, 4.69) is 5.32 Å². The van der Waals surface area contributed by atoms with Crippen LogP contribution in [0.3, 0.4) is 0 Å². The molecule has 0 atom stereocenters. The number of carboxylic acid groups (broad SMARTS) is 1. The molecule has 0 aliphatic carbocycles. The van der Waals surface area contributed by atoms with Crippen LogP contribution in [-0.2, 0) is 13.0 Å². The van der Waals surface area contributed by atoms with Gasteiger partial charge in [0.2, 0.25) is 0 Å². The van der Waals surface area contributed by atoms with E-state index >= 15 is 0 Å². The fourth-order valence-corrected chi connectivity index (χ4v) is 3.71. The largest absolute Gasteiger partial charge is 0.496 e. The molecular formula is C23H26N2O3. The van der Waals surface area contributed by atoms with E-state index < -0.39 is 5.97 Å². The minimum absolute atomic E-state index is 0.381. The molecule has 3 rings (SSSR count). The molecule has 0 bridgehead atoms. The smallest absolute Gasteiger partial charge is 0.337 e. The number of aromatic carboxylic acids is 1. The van der Waals surface area contributed by atoms with E-state index in [1.54, 1.807) is 7.11 Å². The molecule has 0 unspecified atom stereocenters. The molecule has 0 saturated heterocycles. The van der Waals surface area contributed by atoms with Crippen molar-refractivity contribution in [3.63, 3.8) is 0 Å². The van der Waals surface area contributed by atoms with Crippen LogP contribution in [0.4, 0.5) is 0 Å². The summed E-state index contributed by atoms with van der Waals surface area (Å²) in [6, 6.07) is 17.8. The second-order valence-corrected chi connectivity index (χ2v) is 6.74. The monoisotopic (exact) mass is 378 g/mol. The number of ether oxygens (including phenoxy) is 1. The molecule has 0 radical (unpaired) electrons. The number of nitrogens with one attached hydrogen (secondary N) is 1. The van der Waals surface area contributed by atoms with Gasteiger partial charge in [-0.15, -0.1) is 0 Å². The highest BCUT2D eigenvalue weighted by molar-refractivity contribution is 5.91. The molecule has 3 aromatic rings. The molecule has 2 aromatic carbocycles. The number of hydrogen-bond donors (Lipinski definition) is 2. The number of nitrogens with zero attached hydrogens (tertiary/aromatic N) is 1. The Bertz CT molecular complexity index is 961. The predicted octanol–water partition coefficient (Wildman–Crippen LogP) is 4.13. The molecule has 0 aliphatic rings. The maximum atomic E-state index is 11.9. The Labute approximate surface area is 165 Å². The molecule has 0 fully saturated rings. The van der Waals surface area contributed by atoms with Crippen molar-refractivity contribution >= 4 is 5.97 Å². The number of carbonyl (C=O) groups is 1. The first-order valence-electron chi connectivity index (χ1n) is 9.36. The number of methoxy groups -OCH3 is 1. The molecular weight excluding hydrogens is 352 g/mol. The van der Waals surface area contributed by atoms with Gasteiger partial charge in [0.1, 0.15) is 5.75 Å². The first-order chi connectivity index (χ1) is 13.5. The lowest BCUT2D eigenvalue weighted by Crippen LogP contribution is -2.19. The standard InChI is InChI=1S/C23H26N2O3/c1-16-20(15-24-14-13-18-9-7-8-12-21(18)28-3)22(23(26)27)17(2)25(16)19-10-5-4-6-11-19/h4-12,24H,13-15H2,1-3H3,(H,26,27). The second kappa shape index (κ2) is 8.76. The van der Waals surface area contributed by atoms with Crippen molar-refractivity contribution in [1.82, 2.24) is 9.88 Å². The van der Waals surface area contributed by atoms with Crippen molar-refractivity contribution in [3.05, 3.63) is 82.7 Å². The van der Waals surface area contributed by atoms with Gasteiger partial charge in [0.25, 0.3) is 0 Å². The van der Waals surface area contributed by atoms with E-state index in [9.17, 15) is 9.90 Å². The van der Waals surface area contributed by atoms with Crippen LogP contribution >= 0.6 is 0 Å². The third kappa shape index (κ3) is 3.94. The summed E-state index contributed by atoms with van der Waals surface area (Å²) in [7, 11) is 1.67. The number of para-hydroxylation sites is 2. The molecule has 0 spiro atoms. The molecule has 146 valence electrons. The third-order valence-corrected chi connectivity index (χ3v) is 5.06. The summed E-state index contributed by atoms with van der Waals surface area (Å²) in [5.74, 6) is -0.0189. The maximum Gasteiger partial charge on any atom is 0.337 e. The van der Waals surface area contributed by atoms with Crippen molar-refractivity contribution < 1.29 is 14.6 Å². The van der Waals surface area contributed by atoms with Gasteiger partial charge in [-0.1, -0.05) is 36.4 Å². The summed E-state index contributed by atoms with van der Waals surface area (Å²) in [6.07, 6.45) is 0.809. The molecule has 1 aromatic heterocycles. The van der Waals surface area contributed by atoms with Gasteiger partial charge in [0.05, 0.1) is 12.7 Å². The van der Waals surface area contributed by atoms with Crippen LogP contribution in [0.5, 0.6) is 5.75 Å². The van der Waals surface area contributed by atoms with Gasteiger partial charge >= 0.3 is 5.97 Å². The van der Waals surface area contributed by atoms with Crippen molar-refractivity contribution in [2.45, 2.75) is 26.8 Å². The van der Waals surface area contributed by atoms with Crippen molar-refractivity contribution in [1.29, 1.82) is 0 Å². The normalized spacial score (nSPS) is 10.8. The van der Waals surface area contributed by atoms with Crippen LogP contribution < -0.4 is 10.1 Å². The Kier molecular flexibility index (Phi) is 6.16. The van der Waals surface area contributed by atoms with Crippen molar-refractivity contribution in [2.75, 3.05) is 13.7 Å². The predicted molar refractivity (Wildman–Crippen MR) is 111 cm³/mol. The fourth-order valence-electron chi connectivity index (χ4n) is 3.71. The van der Waals surface area contributed by atoms with Gasteiger partial charge in [0, 0.05) is 29.2 Å². The molecule has 5 heteroatoms. The number of benzene rings is 2. The lowest BCUT2D eigenvalue weighted by atomic mass is 10.1. The highest BCUT2D eigenvalue weighted by atomic mass is 16.5. The van der Waals surface area contributed by atoms with E-state index in [1.165, 1.54) is 0 Å². The van der Waals surface area contributed by atoms with Crippen LogP contribution in [0.1, 0.15) is 32.9 Å². The molecule has 0 aliphatic heterocycles. The average molecular weight is 378 g/mol. The molecule has 28 heavy (non-hydrogen) atoms. The molecule has 1 heterocycles. The first-order valence-corrected chi connectivity index (χ1v) is 9.36.